The van der Waals surface area contributed by atoms with Crippen LogP contribution in [0.1, 0.15) is 88.8 Å². The smallest absolute Gasteiger partial charge is 0.252 e. The third-order valence-corrected chi connectivity index (χ3v) is 19.5. The van der Waals surface area contributed by atoms with Gasteiger partial charge in [-0.15, -0.1) is 0 Å². The molecule has 2 saturated carbocycles. The molecule has 0 saturated heterocycles. The number of hydrogen-bond donors (Lipinski definition) is 0. The van der Waals surface area contributed by atoms with Crippen LogP contribution in [0.2, 0.25) is 0 Å². The van der Waals surface area contributed by atoms with E-state index in [-0.39, 0.29) is 28.6 Å². The summed E-state index contributed by atoms with van der Waals surface area (Å²) in [4.78, 5) is 8.45. The van der Waals surface area contributed by atoms with Crippen LogP contribution >= 0.6 is 0 Å². The lowest BCUT2D eigenvalue weighted by Gasteiger charge is -2.54. The Morgan fingerprint density at radius 1 is 0.370 bits per heavy atom. The van der Waals surface area contributed by atoms with Crippen LogP contribution in [0.4, 0.5) is 39.8 Å². The van der Waals surface area contributed by atoms with E-state index in [1.807, 2.05) is 0 Å². The van der Waals surface area contributed by atoms with Crippen molar-refractivity contribution in [1.29, 1.82) is 0 Å². The number of anilines is 7. The van der Waals surface area contributed by atoms with E-state index in [0.717, 1.165) is 19.3 Å². The summed E-state index contributed by atoms with van der Waals surface area (Å²) < 4.78 is 0. The predicted molar refractivity (Wildman–Crippen MR) is 308 cm³/mol. The Hall–Kier alpha value is -7.56. The number of fused-ring (bicyclic) bond motifs is 10. The maximum absolute atomic E-state index is 2.93. The molecule has 0 N–H and O–H groups in total. The van der Waals surface area contributed by atoms with Gasteiger partial charge in [0.25, 0.3) is 6.71 Å². The Balaban J connectivity index is 1.05. The van der Waals surface area contributed by atoms with E-state index in [0.29, 0.717) is 0 Å². The topological polar surface area (TPSA) is 9.72 Å². The van der Waals surface area contributed by atoms with Crippen LogP contribution in [-0.2, 0) is 10.8 Å². The zero-order chi connectivity index (χ0) is 48.7. The van der Waals surface area contributed by atoms with Gasteiger partial charge in [0.15, 0.2) is 0 Å². The first-order valence-corrected chi connectivity index (χ1v) is 27.1. The third-order valence-electron chi connectivity index (χ3n) is 19.5. The molecule has 4 heterocycles. The molecule has 4 unspecified atom stereocenters. The van der Waals surface area contributed by atoms with Gasteiger partial charge in [-0.1, -0.05) is 202 Å². The molecule has 0 radical (unpaired) electrons. The maximum Gasteiger partial charge on any atom is 0.252 e. The molecule has 354 valence electrons. The van der Waals surface area contributed by atoms with Gasteiger partial charge in [-0.2, -0.15) is 0 Å². The Bertz CT molecular complexity index is 3670. The summed E-state index contributed by atoms with van der Waals surface area (Å²) in [6, 6.07) is 81.5. The van der Waals surface area contributed by atoms with E-state index in [9.17, 15) is 0 Å². The third kappa shape index (κ3) is 5.78. The van der Waals surface area contributed by atoms with Crippen LogP contribution in [-0.4, -0.2) is 17.8 Å². The van der Waals surface area contributed by atoms with E-state index in [1.54, 1.807) is 0 Å². The lowest BCUT2D eigenvalue weighted by atomic mass is 9.33. The summed E-state index contributed by atoms with van der Waals surface area (Å²) in [5.41, 5.74) is 24.7. The monoisotopic (exact) mass is 941 g/mol. The minimum atomic E-state index is -0.214. The highest BCUT2D eigenvalue weighted by molar-refractivity contribution is 7.00. The normalized spacial score (nSPS) is 23.8. The minimum Gasteiger partial charge on any atom is -0.335 e. The second-order valence-electron chi connectivity index (χ2n) is 22.8. The van der Waals surface area contributed by atoms with Crippen molar-refractivity contribution in [2.75, 3.05) is 14.7 Å². The molecule has 0 spiro atoms. The van der Waals surface area contributed by atoms with Crippen LogP contribution in [0.3, 0.4) is 0 Å². The van der Waals surface area contributed by atoms with Crippen molar-refractivity contribution in [1.82, 2.24) is 0 Å². The molecular weight excluding hydrogens is 882 g/mol. The predicted octanol–water partition coefficient (Wildman–Crippen LogP) is 15.8. The second-order valence-corrected chi connectivity index (χ2v) is 22.8. The van der Waals surface area contributed by atoms with Crippen LogP contribution in [0.15, 0.2) is 212 Å². The lowest BCUT2D eigenvalue weighted by molar-refractivity contribution is 0.195. The quantitative estimate of drug-likeness (QED) is 0.154. The Labute approximate surface area is 431 Å². The standard InChI is InChI=1S/C69H60BN3/c1-66-38-16-17-39-67(66,2)72(60-37-35-51(43-57(60)66)48-24-10-5-11-25-48)55-45-62-64-63(46-55)73-65-56(69(53-29-14-7-15-30-53)41-19-18-40-68(69,73)3)32-21-33-59(65)70(64)58-36-34-52(49-26-12-6-13-27-49)44-61(58)71(62)54-31-20-28-50(42-54)47-22-8-4-9-23-47/h4-15,20-37,42-46H,16-19,38-41H2,1-3H3. The van der Waals surface area contributed by atoms with E-state index < -0.39 is 0 Å². The summed E-state index contributed by atoms with van der Waals surface area (Å²) >= 11 is 0. The van der Waals surface area contributed by atoms with Gasteiger partial charge in [0.2, 0.25) is 0 Å². The van der Waals surface area contributed by atoms with Crippen molar-refractivity contribution in [3.8, 4) is 33.4 Å². The number of hydrogen-bond acceptors (Lipinski definition) is 3. The zero-order valence-electron chi connectivity index (χ0n) is 42.3. The van der Waals surface area contributed by atoms with Crippen molar-refractivity contribution in [2.24, 2.45) is 0 Å². The van der Waals surface area contributed by atoms with E-state index >= 15 is 0 Å². The first kappa shape index (κ1) is 43.1. The fourth-order valence-corrected chi connectivity index (χ4v) is 15.9. The van der Waals surface area contributed by atoms with Gasteiger partial charge in [-0.3, -0.25) is 0 Å². The molecule has 4 aliphatic heterocycles. The first-order chi connectivity index (χ1) is 35.8. The highest BCUT2D eigenvalue weighted by atomic mass is 15.3. The Morgan fingerprint density at radius 3 is 1.66 bits per heavy atom. The minimum absolute atomic E-state index is 0.0324. The van der Waals surface area contributed by atoms with Gasteiger partial charge >= 0.3 is 0 Å². The van der Waals surface area contributed by atoms with Crippen LogP contribution < -0.4 is 31.1 Å². The van der Waals surface area contributed by atoms with Gasteiger partial charge in [0, 0.05) is 50.6 Å². The van der Waals surface area contributed by atoms with Crippen molar-refractivity contribution in [2.45, 2.75) is 94.0 Å². The molecule has 2 fully saturated rings. The van der Waals surface area contributed by atoms with Gasteiger partial charge < -0.3 is 14.7 Å². The van der Waals surface area contributed by atoms with Gasteiger partial charge in [0.05, 0.1) is 11.1 Å². The van der Waals surface area contributed by atoms with E-state index in [2.05, 4.69) is 248 Å². The molecule has 2 aliphatic carbocycles. The molecule has 73 heavy (non-hydrogen) atoms. The first-order valence-electron chi connectivity index (χ1n) is 27.1. The van der Waals surface area contributed by atoms with E-state index in [1.165, 1.54) is 138 Å². The van der Waals surface area contributed by atoms with Crippen molar-refractivity contribution >= 4 is 62.9 Å². The number of para-hydroxylation sites is 1. The van der Waals surface area contributed by atoms with Gasteiger partial charge in [0.1, 0.15) is 0 Å². The summed E-state index contributed by atoms with van der Waals surface area (Å²) in [5, 5.41) is 0. The molecule has 4 atom stereocenters. The van der Waals surface area contributed by atoms with Crippen LogP contribution in [0.25, 0.3) is 33.4 Å². The molecule has 9 aromatic rings. The Morgan fingerprint density at radius 2 is 0.945 bits per heavy atom. The van der Waals surface area contributed by atoms with Crippen LogP contribution in [0, 0.1) is 0 Å². The lowest BCUT2D eigenvalue weighted by Crippen LogP contribution is -2.65. The average Bonchev–Trinajstić information content (AvgIpc) is 3.82. The zero-order valence-corrected chi connectivity index (χ0v) is 42.3. The maximum atomic E-state index is 2.93. The summed E-state index contributed by atoms with van der Waals surface area (Å²) in [6.45, 7) is 7.88. The summed E-state index contributed by atoms with van der Waals surface area (Å²) in [7, 11) is 0. The number of benzene rings is 9. The molecule has 0 amide bonds. The summed E-state index contributed by atoms with van der Waals surface area (Å²) in [6.07, 6.45) is 9.42. The summed E-state index contributed by atoms with van der Waals surface area (Å²) in [5.74, 6) is 0. The molecule has 15 rings (SSSR count). The van der Waals surface area contributed by atoms with Crippen molar-refractivity contribution in [3.05, 3.63) is 229 Å². The highest BCUT2D eigenvalue weighted by Crippen LogP contribution is 2.66. The van der Waals surface area contributed by atoms with Gasteiger partial charge in [-0.25, -0.2) is 0 Å². The van der Waals surface area contributed by atoms with E-state index in [4.69, 9.17) is 0 Å². The number of nitrogens with zero attached hydrogens (tertiary/aromatic N) is 3. The molecule has 4 heteroatoms. The molecule has 9 aromatic carbocycles. The molecular formula is C69H60BN3. The highest BCUT2D eigenvalue weighted by Gasteiger charge is 2.65. The SMILES string of the molecule is CC12CCCCC1(C)N(c1cc3c4c(c1)N1c5c(cccc5C5(c6ccccc6)CCCCC15C)B4c1ccc(-c4ccccc4)cc1N3c1cccc(-c3ccccc3)c1)c1ccc(-c3ccccc3)cc12. The Kier molecular flexibility index (Phi) is 9.28. The number of rotatable bonds is 6. The van der Waals surface area contributed by atoms with Crippen LogP contribution in [0.5, 0.6) is 0 Å². The molecule has 0 aromatic heterocycles. The average molecular weight is 942 g/mol. The fourth-order valence-electron chi connectivity index (χ4n) is 15.9. The molecule has 3 nitrogen and oxygen atoms in total. The van der Waals surface area contributed by atoms with Gasteiger partial charge in [-0.05, 0) is 148 Å². The molecule has 6 aliphatic rings. The molecule has 0 bridgehead atoms. The second kappa shape index (κ2) is 15.7. The largest absolute Gasteiger partial charge is 0.335 e. The fraction of sp³-hybridized carbons (Fsp3) is 0.217. The van der Waals surface area contributed by atoms with Crippen molar-refractivity contribution < 1.29 is 0 Å². The van der Waals surface area contributed by atoms with Crippen molar-refractivity contribution in [3.63, 3.8) is 0 Å².